The number of rotatable bonds is 5. The fourth-order valence-electron chi connectivity index (χ4n) is 3.34. The van der Waals surface area contributed by atoms with Gasteiger partial charge in [0.25, 0.3) is 0 Å². The molecule has 29 heavy (non-hydrogen) atoms. The Labute approximate surface area is 170 Å². The molecule has 154 valence electrons. The minimum absolute atomic E-state index is 0.0592. The normalized spacial score (nSPS) is 18.7. The third kappa shape index (κ3) is 4.16. The average molecular weight is 417 g/mol. The molecule has 3 rings (SSSR count). The number of nitrogens with zero attached hydrogens (tertiary/aromatic N) is 3. The third-order valence-electron chi connectivity index (χ3n) is 5.54. The van der Waals surface area contributed by atoms with Crippen LogP contribution in [0.2, 0.25) is 0 Å². The lowest BCUT2D eigenvalue weighted by molar-refractivity contribution is -0.120. The molecule has 1 saturated heterocycles. The van der Waals surface area contributed by atoms with Crippen LogP contribution in [0.1, 0.15) is 24.6 Å². The van der Waals surface area contributed by atoms with Crippen LogP contribution in [0.3, 0.4) is 0 Å². The molecule has 1 aromatic rings. The topological polar surface area (TPSA) is 106 Å². The summed E-state index contributed by atoms with van der Waals surface area (Å²) in [6.45, 7) is 3.65. The van der Waals surface area contributed by atoms with E-state index >= 15 is 0 Å². The van der Waals surface area contributed by atoms with Crippen molar-refractivity contribution in [3.05, 3.63) is 23.5 Å². The lowest BCUT2D eigenvalue weighted by atomic mass is 10.0. The zero-order chi connectivity index (χ0) is 21.4. The molecular weight excluding hydrogens is 392 g/mol. The van der Waals surface area contributed by atoms with Gasteiger partial charge in [-0.25, -0.2) is 13.2 Å². The summed E-state index contributed by atoms with van der Waals surface area (Å²) in [5.74, 6) is 11.2. The largest absolute Gasteiger partial charge is 0.368 e. The summed E-state index contributed by atoms with van der Waals surface area (Å²) >= 11 is 0. The molecule has 0 saturated carbocycles. The maximum absolute atomic E-state index is 12.6. The summed E-state index contributed by atoms with van der Waals surface area (Å²) in [5, 5.41) is 0. The van der Waals surface area contributed by atoms with Crippen molar-refractivity contribution < 1.29 is 18.0 Å². The highest BCUT2D eigenvalue weighted by Crippen LogP contribution is 2.25. The SMILES string of the molecule is CN1CC(C#CC#Cc2cc3n(c2)C(=O)N(CC[C@](C)(C(N)=O)S(C)(=O)=O)C3)C1. The van der Waals surface area contributed by atoms with Gasteiger partial charge in [0.15, 0.2) is 9.84 Å². The van der Waals surface area contributed by atoms with Crippen molar-refractivity contribution in [1.82, 2.24) is 14.4 Å². The first-order valence-corrected chi connectivity index (χ1v) is 11.1. The van der Waals surface area contributed by atoms with Crippen LogP contribution < -0.4 is 5.73 Å². The summed E-state index contributed by atoms with van der Waals surface area (Å²) in [6.07, 6.45) is 2.56. The Kier molecular flexibility index (Phi) is 5.48. The highest BCUT2D eigenvalue weighted by atomic mass is 32.2. The quantitative estimate of drug-likeness (QED) is 0.673. The van der Waals surface area contributed by atoms with Gasteiger partial charge in [0.2, 0.25) is 5.91 Å². The number of fused-ring (bicyclic) bond motifs is 1. The molecule has 3 heterocycles. The van der Waals surface area contributed by atoms with Crippen LogP contribution >= 0.6 is 0 Å². The molecule has 0 aliphatic carbocycles. The van der Waals surface area contributed by atoms with Crippen molar-refractivity contribution in [3.63, 3.8) is 0 Å². The lowest BCUT2D eigenvalue weighted by Gasteiger charge is -2.32. The summed E-state index contributed by atoms with van der Waals surface area (Å²) in [5.41, 5.74) is 6.76. The number of likely N-dealkylation sites (tertiary alicyclic amines) is 1. The van der Waals surface area contributed by atoms with E-state index in [1.54, 1.807) is 6.20 Å². The number of carbonyl (C=O) groups excluding carboxylic acids is 2. The van der Waals surface area contributed by atoms with Crippen LogP contribution in [0.5, 0.6) is 0 Å². The Hall–Kier alpha value is -2.75. The van der Waals surface area contributed by atoms with E-state index in [0.29, 0.717) is 18.0 Å². The van der Waals surface area contributed by atoms with Crippen molar-refractivity contribution in [2.75, 3.05) is 32.9 Å². The van der Waals surface area contributed by atoms with Crippen molar-refractivity contribution in [1.29, 1.82) is 0 Å². The van der Waals surface area contributed by atoms with Crippen molar-refractivity contribution in [2.45, 2.75) is 24.6 Å². The Morgan fingerprint density at radius 2 is 2.03 bits per heavy atom. The maximum atomic E-state index is 12.6. The Bertz CT molecular complexity index is 1080. The van der Waals surface area contributed by atoms with Gasteiger partial charge in [0, 0.05) is 49.3 Å². The molecule has 0 unspecified atom stereocenters. The van der Waals surface area contributed by atoms with E-state index in [0.717, 1.165) is 25.0 Å². The standard InChI is InChI=1S/C20H24N4O4S/c1-20(18(21)25,29(3,27)28)8-9-23-14-17-10-15(13-24(17)19(23)26)6-4-5-7-16-11-22(2)12-16/h10,13,16H,8-9,11-12,14H2,1-3H3,(H2,21,25)/t20-/m1/s1. The lowest BCUT2D eigenvalue weighted by Crippen LogP contribution is -2.49. The molecule has 2 aliphatic rings. The van der Waals surface area contributed by atoms with E-state index in [9.17, 15) is 18.0 Å². The van der Waals surface area contributed by atoms with Gasteiger partial charge in [-0.05, 0) is 38.3 Å². The predicted molar refractivity (Wildman–Crippen MR) is 108 cm³/mol. The van der Waals surface area contributed by atoms with Gasteiger partial charge in [-0.3, -0.25) is 9.36 Å². The van der Waals surface area contributed by atoms with Crippen LogP contribution in [0, 0.1) is 29.6 Å². The summed E-state index contributed by atoms with van der Waals surface area (Å²) in [7, 11) is -1.66. The van der Waals surface area contributed by atoms with Gasteiger partial charge in [0.05, 0.1) is 6.54 Å². The first-order chi connectivity index (χ1) is 13.5. The average Bonchev–Trinajstić information content (AvgIpc) is 3.12. The molecule has 0 radical (unpaired) electrons. The summed E-state index contributed by atoms with van der Waals surface area (Å²) in [4.78, 5) is 27.9. The molecule has 1 atom stereocenters. The van der Waals surface area contributed by atoms with Gasteiger partial charge in [-0.2, -0.15) is 0 Å². The van der Waals surface area contributed by atoms with Gasteiger partial charge < -0.3 is 15.5 Å². The fraction of sp³-hybridized carbons (Fsp3) is 0.500. The smallest absolute Gasteiger partial charge is 0.328 e. The molecular formula is C20H24N4O4S. The van der Waals surface area contributed by atoms with Crippen LogP contribution in [0.4, 0.5) is 4.79 Å². The van der Waals surface area contributed by atoms with Crippen LogP contribution in [-0.4, -0.2) is 72.4 Å². The molecule has 0 bridgehead atoms. The summed E-state index contributed by atoms with van der Waals surface area (Å²) < 4.78 is 23.7. The van der Waals surface area contributed by atoms with Crippen molar-refractivity contribution in [2.24, 2.45) is 11.7 Å². The minimum atomic E-state index is -3.71. The highest BCUT2D eigenvalue weighted by molar-refractivity contribution is 7.92. The zero-order valence-corrected chi connectivity index (χ0v) is 17.5. The highest BCUT2D eigenvalue weighted by Gasteiger charge is 2.42. The number of aromatic nitrogens is 1. The first kappa shape index (κ1) is 21.0. The van der Waals surface area contributed by atoms with Crippen LogP contribution in [-0.2, 0) is 21.2 Å². The van der Waals surface area contributed by atoms with E-state index in [4.69, 9.17) is 5.73 Å². The van der Waals surface area contributed by atoms with E-state index < -0.39 is 20.5 Å². The van der Waals surface area contributed by atoms with E-state index in [1.807, 2.05) is 13.1 Å². The molecule has 1 aromatic heterocycles. The predicted octanol–water partition coefficient (Wildman–Crippen LogP) is -0.133. The molecule has 2 aliphatic heterocycles. The monoisotopic (exact) mass is 416 g/mol. The molecule has 2 N–H and O–H groups in total. The van der Waals surface area contributed by atoms with E-state index in [-0.39, 0.29) is 19.0 Å². The van der Waals surface area contributed by atoms with Gasteiger partial charge in [-0.1, -0.05) is 11.8 Å². The van der Waals surface area contributed by atoms with Crippen molar-refractivity contribution in [3.8, 4) is 23.7 Å². The number of hydrogen-bond acceptors (Lipinski definition) is 5. The number of hydrogen-bond donors (Lipinski definition) is 1. The number of primary amides is 1. The number of nitrogens with two attached hydrogens (primary N) is 1. The zero-order valence-electron chi connectivity index (χ0n) is 16.7. The maximum Gasteiger partial charge on any atom is 0.328 e. The van der Waals surface area contributed by atoms with Gasteiger partial charge in [-0.15, -0.1) is 0 Å². The summed E-state index contributed by atoms with van der Waals surface area (Å²) in [6, 6.07) is 1.53. The second-order valence-electron chi connectivity index (χ2n) is 7.85. The molecule has 0 spiro atoms. The fourth-order valence-corrected chi connectivity index (χ4v) is 4.17. The molecule has 0 aromatic carbocycles. The van der Waals surface area contributed by atoms with Crippen molar-refractivity contribution >= 4 is 21.8 Å². The molecule has 9 heteroatoms. The third-order valence-corrected chi connectivity index (χ3v) is 7.58. The molecule has 1 fully saturated rings. The second kappa shape index (κ2) is 7.58. The Morgan fingerprint density at radius 3 is 2.59 bits per heavy atom. The van der Waals surface area contributed by atoms with Gasteiger partial charge in [0.1, 0.15) is 4.75 Å². The number of amides is 2. The van der Waals surface area contributed by atoms with Crippen LogP contribution in [0.25, 0.3) is 0 Å². The number of carbonyl (C=O) groups is 2. The van der Waals surface area contributed by atoms with E-state index in [1.165, 1.54) is 16.4 Å². The van der Waals surface area contributed by atoms with E-state index in [2.05, 4.69) is 28.6 Å². The molecule has 8 nitrogen and oxygen atoms in total. The minimum Gasteiger partial charge on any atom is -0.368 e. The Morgan fingerprint density at radius 1 is 1.34 bits per heavy atom. The second-order valence-corrected chi connectivity index (χ2v) is 10.3. The first-order valence-electron chi connectivity index (χ1n) is 9.21. The van der Waals surface area contributed by atoms with Crippen LogP contribution in [0.15, 0.2) is 12.3 Å². The molecule has 2 amide bonds. The Balaban J connectivity index is 1.63. The van der Waals surface area contributed by atoms with Gasteiger partial charge >= 0.3 is 6.03 Å². The number of sulfone groups is 1.